The minimum Gasteiger partial charge on any atom is -0.485 e. The molecule has 2 nitrogen and oxygen atoms in total. The van der Waals surface area contributed by atoms with Gasteiger partial charge in [0, 0.05) is 23.6 Å². The average Bonchev–Trinajstić information content (AvgIpc) is 2.49. The number of fused-ring (bicyclic) bond motifs is 1. The van der Waals surface area contributed by atoms with E-state index in [1.54, 1.807) is 18.2 Å². The van der Waals surface area contributed by atoms with Crippen molar-refractivity contribution in [1.82, 2.24) is 5.32 Å². The standard InChI is InChI=1S/C17H17ClFNO/c1-10-6-7-15-12(8-10)14(20-2)9-16(21-15)11-4-3-5-13(18)17(11)19/h3-8,14,16,20H,9H2,1-2H3. The van der Waals surface area contributed by atoms with Crippen LogP contribution in [0.5, 0.6) is 5.75 Å². The first-order valence-corrected chi connectivity index (χ1v) is 7.36. The van der Waals surface area contributed by atoms with Crippen LogP contribution in [0.25, 0.3) is 0 Å². The van der Waals surface area contributed by atoms with Gasteiger partial charge in [0.05, 0.1) is 5.02 Å². The Morgan fingerprint density at radius 3 is 2.81 bits per heavy atom. The molecular formula is C17H17ClFNO. The first-order chi connectivity index (χ1) is 10.1. The van der Waals surface area contributed by atoms with Crippen LogP contribution in [0.4, 0.5) is 4.39 Å². The molecule has 4 heteroatoms. The number of rotatable bonds is 2. The Labute approximate surface area is 128 Å². The molecule has 0 aromatic heterocycles. The largest absolute Gasteiger partial charge is 0.485 e. The lowest BCUT2D eigenvalue weighted by Crippen LogP contribution is -2.27. The van der Waals surface area contributed by atoms with Crippen LogP contribution in [-0.4, -0.2) is 7.05 Å². The molecule has 0 radical (unpaired) electrons. The monoisotopic (exact) mass is 305 g/mol. The van der Waals surface area contributed by atoms with Gasteiger partial charge in [-0.05, 0) is 26.1 Å². The number of benzene rings is 2. The van der Waals surface area contributed by atoms with Crippen LogP contribution < -0.4 is 10.1 Å². The van der Waals surface area contributed by atoms with E-state index < -0.39 is 5.82 Å². The molecule has 110 valence electrons. The second-order valence-corrected chi connectivity index (χ2v) is 5.77. The number of hydrogen-bond acceptors (Lipinski definition) is 2. The normalized spacial score (nSPS) is 20.8. The van der Waals surface area contributed by atoms with Crippen molar-refractivity contribution in [2.24, 2.45) is 0 Å². The summed E-state index contributed by atoms with van der Waals surface area (Å²) in [4.78, 5) is 0. The average molecular weight is 306 g/mol. The Morgan fingerprint density at radius 2 is 2.05 bits per heavy atom. The zero-order valence-electron chi connectivity index (χ0n) is 12.0. The number of halogens is 2. The van der Waals surface area contributed by atoms with E-state index in [-0.39, 0.29) is 17.2 Å². The molecule has 2 aromatic rings. The maximum Gasteiger partial charge on any atom is 0.148 e. The fraction of sp³-hybridized carbons (Fsp3) is 0.294. The molecule has 0 aliphatic carbocycles. The summed E-state index contributed by atoms with van der Waals surface area (Å²) in [6.07, 6.45) is 0.334. The van der Waals surface area contributed by atoms with Crippen LogP contribution in [0.1, 0.15) is 35.3 Å². The van der Waals surface area contributed by atoms with E-state index in [1.165, 1.54) is 5.56 Å². The van der Waals surface area contributed by atoms with Crippen LogP contribution in [0.15, 0.2) is 36.4 Å². The van der Waals surface area contributed by atoms with Gasteiger partial charge in [0.15, 0.2) is 0 Å². The number of hydrogen-bond donors (Lipinski definition) is 1. The molecule has 0 fully saturated rings. The van der Waals surface area contributed by atoms with Gasteiger partial charge in [-0.2, -0.15) is 0 Å². The maximum absolute atomic E-state index is 14.2. The van der Waals surface area contributed by atoms with Gasteiger partial charge in [0.1, 0.15) is 17.7 Å². The SMILES string of the molecule is CNC1CC(c2cccc(Cl)c2F)Oc2ccc(C)cc21. The van der Waals surface area contributed by atoms with Gasteiger partial charge in [-0.15, -0.1) is 0 Å². The second-order valence-electron chi connectivity index (χ2n) is 5.37. The third kappa shape index (κ3) is 2.63. The fourth-order valence-corrected chi connectivity index (χ4v) is 3.00. The second kappa shape index (κ2) is 5.66. The van der Waals surface area contributed by atoms with E-state index in [9.17, 15) is 4.39 Å². The third-order valence-electron chi connectivity index (χ3n) is 3.94. The predicted molar refractivity (Wildman–Crippen MR) is 82.4 cm³/mol. The minimum atomic E-state index is -0.394. The highest BCUT2D eigenvalue weighted by Crippen LogP contribution is 2.42. The molecule has 0 saturated carbocycles. The topological polar surface area (TPSA) is 21.3 Å². The summed E-state index contributed by atoms with van der Waals surface area (Å²) in [5.74, 6) is 0.408. The van der Waals surface area contributed by atoms with Crippen LogP contribution >= 0.6 is 11.6 Å². The Hall–Kier alpha value is -1.58. The van der Waals surface area contributed by atoms with Gasteiger partial charge in [-0.3, -0.25) is 0 Å². The van der Waals surface area contributed by atoms with Crippen LogP contribution in [0.3, 0.4) is 0 Å². The highest BCUT2D eigenvalue weighted by molar-refractivity contribution is 6.30. The number of nitrogens with one attached hydrogen (secondary N) is 1. The molecule has 2 atom stereocenters. The molecule has 1 aliphatic rings. The molecule has 0 saturated heterocycles. The van der Waals surface area contributed by atoms with E-state index in [2.05, 4.69) is 18.3 Å². The number of ether oxygens (including phenoxy) is 1. The quantitative estimate of drug-likeness (QED) is 0.877. The Morgan fingerprint density at radius 1 is 1.24 bits per heavy atom. The molecule has 2 aromatic carbocycles. The Balaban J connectivity index is 2.01. The van der Waals surface area contributed by atoms with E-state index in [0.717, 1.165) is 11.3 Å². The lowest BCUT2D eigenvalue weighted by atomic mass is 9.92. The van der Waals surface area contributed by atoms with Gasteiger partial charge >= 0.3 is 0 Å². The van der Waals surface area contributed by atoms with Gasteiger partial charge in [0.25, 0.3) is 0 Å². The molecule has 3 rings (SSSR count). The Kier molecular flexibility index (Phi) is 3.87. The van der Waals surface area contributed by atoms with Crippen molar-refractivity contribution in [3.05, 3.63) is 63.9 Å². The van der Waals surface area contributed by atoms with Crippen LogP contribution in [0, 0.1) is 12.7 Å². The van der Waals surface area contributed by atoms with Crippen molar-refractivity contribution in [2.75, 3.05) is 7.05 Å². The van der Waals surface area contributed by atoms with Crippen molar-refractivity contribution >= 4 is 11.6 Å². The summed E-state index contributed by atoms with van der Waals surface area (Å²) in [5, 5.41) is 3.42. The van der Waals surface area contributed by atoms with Gasteiger partial charge in [-0.25, -0.2) is 4.39 Å². The zero-order chi connectivity index (χ0) is 15.0. The predicted octanol–water partition coefficient (Wildman–Crippen LogP) is 4.57. The highest BCUT2D eigenvalue weighted by atomic mass is 35.5. The summed E-state index contributed by atoms with van der Waals surface area (Å²) in [6.45, 7) is 2.05. The first kappa shape index (κ1) is 14.4. The molecule has 2 unspecified atom stereocenters. The summed E-state index contributed by atoms with van der Waals surface area (Å²) >= 11 is 5.88. The number of aryl methyl sites for hydroxylation is 1. The highest BCUT2D eigenvalue weighted by Gasteiger charge is 2.30. The summed E-state index contributed by atoms with van der Waals surface area (Å²) in [5.41, 5.74) is 2.81. The molecule has 0 amide bonds. The fourth-order valence-electron chi connectivity index (χ4n) is 2.82. The summed E-state index contributed by atoms with van der Waals surface area (Å²) in [7, 11) is 1.91. The molecular weight excluding hydrogens is 289 g/mol. The van der Waals surface area contributed by atoms with Gasteiger partial charge in [-0.1, -0.05) is 41.4 Å². The van der Waals surface area contributed by atoms with E-state index in [0.29, 0.717) is 12.0 Å². The van der Waals surface area contributed by atoms with E-state index in [4.69, 9.17) is 16.3 Å². The van der Waals surface area contributed by atoms with E-state index in [1.807, 2.05) is 19.2 Å². The molecule has 1 aliphatic heterocycles. The molecule has 21 heavy (non-hydrogen) atoms. The van der Waals surface area contributed by atoms with Gasteiger partial charge in [0.2, 0.25) is 0 Å². The molecule has 0 spiro atoms. The van der Waals surface area contributed by atoms with Gasteiger partial charge < -0.3 is 10.1 Å². The van der Waals surface area contributed by atoms with Crippen LogP contribution in [0.2, 0.25) is 5.02 Å². The first-order valence-electron chi connectivity index (χ1n) is 6.98. The van der Waals surface area contributed by atoms with Crippen LogP contribution in [-0.2, 0) is 0 Å². The summed E-state index contributed by atoms with van der Waals surface area (Å²) in [6, 6.07) is 11.2. The van der Waals surface area contributed by atoms with Crippen molar-refractivity contribution in [3.63, 3.8) is 0 Å². The molecule has 1 heterocycles. The Bertz CT molecular complexity index is 674. The third-order valence-corrected chi connectivity index (χ3v) is 4.23. The zero-order valence-corrected chi connectivity index (χ0v) is 12.7. The molecule has 1 N–H and O–H groups in total. The minimum absolute atomic E-state index is 0.131. The van der Waals surface area contributed by atoms with Crippen molar-refractivity contribution in [3.8, 4) is 5.75 Å². The van der Waals surface area contributed by atoms with Crippen molar-refractivity contribution in [2.45, 2.75) is 25.5 Å². The van der Waals surface area contributed by atoms with E-state index >= 15 is 0 Å². The lowest BCUT2D eigenvalue weighted by Gasteiger charge is -2.32. The van der Waals surface area contributed by atoms with Crippen molar-refractivity contribution in [1.29, 1.82) is 0 Å². The smallest absolute Gasteiger partial charge is 0.148 e. The van der Waals surface area contributed by atoms with Crippen molar-refractivity contribution < 1.29 is 9.13 Å². The molecule has 0 bridgehead atoms. The summed E-state index contributed by atoms with van der Waals surface area (Å²) < 4.78 is 20.2. The lowest BCUT2D eigenvalue weighted by molar-refractivity contribution is 0.150. The maximum atomic E-state index is 14.2.